The Morgan fingerprint density at radius 2 is 1.88 bits per heavy atom. The van der Waals surface area contributed by atoms with Crippen molar-refractivity contribution in [2.45, 2.75) is 38.8 Å². The van der Waals surface area contributed by atoms with E-state index in [4.69, 9.17) is 4.74 Å². The van der Waals surface area contributed by atoms with Crippen molar-refractivity contribution in [3.8, 4) is 0 Å². The van der Waals surface area contributed by atoms with Crippen LogP contribution in [0.25, 0.3) is 0 Å². The maximum Gasteiger partial charge on any atom is 0.239 e. The number of nitrogens with zero attached hydrogens (tertiary/aromatic N) is 5. The lowest BCUT2D eigenvalue weighted by Gasteiger charge is -2.40. The Morgan fingerprint density at radius 3 is 2.48 bits per heavy atom. The van der Waals surface area contributed by atoms with E-state index in [1.807, 2.05) is 30.9 Å². The number of hydrogen-bond acceptors (Lipinski definition) is 6. The van der Waals surface area contributed by atoms with Gasteiger partial charge in [0.15, 0.2) is 5.82 Å². The van der Waals surface area contributed by atoms with Gasteiger partial charge in [0.2, 0.25) is 5.91 Å². The number of anilines is 1. The predicted molar refractivity (Wildman–Crippen MR) is 96.6 cm³/mol. The number of likely N-dealkylation sites (tertiary alicyclic amines) is 1. The SMILES string of the molecule is Cc1ccc(N(C)C2CCN(C(=O)C(C)N3CCOCC3)CC2)nn1. The molecule has 1 aromatic heterocycles. The fourth-order valence-electron chi connectivity index (χ4n) is 3.63. The van der Waals surface area contributed by atoms with Crippen LogP contribution in [0.15, 0.2) is 12.1 Å². The van der Waals surface area contributed by atoms with E-state index in [0.29, 0.717) is 6.04 Å². The summed E-state index contributed by atoms with van der Waals surface area (Å²) in [6.07, 6.45) is 1.93. The summed E-state index contributed by atoms with van der Waals surface area (Å²) in [6.45, 7) is 8.72. The number of aryl methyl sites for hydroxylation is 1. The normalized spacial score (nSPS) is 21.2. The number of aromatic nitrogens is 2. The lowest BCUT2D eigenvalue weighted by molar-refractivity contribution is -0.139. The Bertz CT molecular complexity index is 565. The average Bonchev–Trinajstić information content (AvgIpc) is 2.67. The average molecular weight is 347 g/mol. The summed E-state index contributed by atoms with van der Waals surface area (Å²) in [6, 6.07) is 4.35. The molecule has 0 radical (unpaired) electrons. The van der Waals surface area contributed by atoms with Crippen LogP contribution in [0, 0.1) is 6.92 Å². The second-order valence-corrected chi connectivity index (χ2v) is 7.02. The molecule has 1 amide bonds. The van der Waals surface area contributed by atoms with E-state index in [9.17, 15) is 4.79 Å². The molecule has 0 bridgehead atoms. The standard InChI is InChI=1S/C18H29N5O2/c1-14-4-5-17(20-19-14)21(3)16-6-8-23(9-7-16)18(24)15(2)22-10-12-25-13-11-22/h4-5,15-16H,6-13H2,1-3H3. The summed E-state index contributed by atoms with van der Waals surface area (Å²) in [4.78, 5) is 19.2. The van der Waals surface area contributed by atoms with Gasteiger partial charge in [-0.05, 0) is 38.8 Å². The molecule has 1 atom stereocenters. The third-order valence-corrected chi connectivity index (χ3v) is 5.42. The van der Waals surface area contributed by atoms with Gasteiger partial charge in [-0.15, -0.1) is 5.10 Å². The lowest BCUT2D eigenvalue weighted by atomic mass is 10.0. The van der Waals surface area contributed by atoms with Gasteiger partial charge in [0, 0.05) is 39.3 Å². The van der Waals surface area contributed by atoms with Crippen LogP contribution < -0.4 is 4.90 Å². The molecule has 1 aromatic rings. The number of hydrogen-bond donors (Lipinski definition) is 0. The second kappa shape index (κ2) is 8.10. The van der Waals surface area contributed by atoms with Crippen LogP contribution in [0.1, 0.15) is 25.5 Å². The summed E-state index contributed by atoms with van der Waals surface area (Å²) in [5.41, 5.74) is 0.926. The zero-order valence-electron chi connectivity index (χ0n) is 15.5. The van der Waals surface area contributed by atoms with Gasteiger partial charge in [-0.2, -0.15) is 5.10 Å². The van der Waals surface area contributed by atoms with Crippen molar-refractivity contribution in [1.82, 2.24) is 20.0 Å². The highest BCUT2D eigenvalue weighted by Gasteiger charge is 2.31. The molecule has 2 aliphatic rings. The van der Waals surface area contributed by atoms with Gasteiger partial charge in [-0.25, -0.2) is 0 Å². The molecule has 3 rings (SSSR count). The molecular formula is C18H29N5O2. The van der Waals surface area contributed by atoms with E-state index in [0.717, 1.165) is 63.7 Å². The Morgan fingerprint density at radius 1 is 1.20 bits per heavy atom. The summed E-state index contributed by atoms with van der Waals surface area (Å²) in [7, 11) is 2.07. The number of carbonyl (C=O) groups excluding carboxylic acids is 1. The summed E-state index contributed by atoms with van der Waals surface area (Å²) >= 11 is 0. The van der Waals surface area contributed by atoms with E-state index in [1.165, 1.54) is 0 Å². The first-order chi connectivity index (χ1) is 12.1. The summed E-state index contributed by atoms with van der Waals surface area (Å²) in [5.74, 6) is 1.15. The number of ether oxygens (including phenoxy) is 1. The van der Waals surface area contributed by atoms with Crippen LogP contribution in [0.3, 0.4) is 0 Å². The highest BCUT2D eigenvalue weighted by Crippen LogP contribution is 2.21. The highest BCUT2D eigenvalue weighted by molar-refractivity contribution is 5.81. The van der Waals surface area contributed by atoms with Gasteiger partial charge >= 0.3 is 0 Å². The number of morpholine rings is 1. The minimum atomic E-state index is -0.0545. The number of piperidine rings is 1. The van der Waals surface area contributed by atoms with E-state index in [-0.39, 0.29) is 11.9 Å². The van der Waals surface area contributed by atoms with Crippen LogP contribution in [-0.2, 0) is 9.53 Å². The van der Waals surface area contributed by atoms with Crippen LogP contribution >= 0.6 is 0 Å². The van der Waals surface area contributed by atoms with Crippen molar-refractivity contribution in [1.29, 1.82) is 0 Å². The van der Waals surface area contributed by atoms with Crippen LogP contribution in [-0.4, -0.2) is 84.4 Å². The van der Waals surface area contributed by atoms with Crippen molar-refractivity contribution < 1.29 is 9.53 Å². The molecule has 0 saturated carbocycles. The first kappa shape index (κ1) is 18.1. The van der Waals surface area contributed by atoms with Gasteiger partial charge in [-0.3, -0.25) is 9.69 Å². The van der Waals surface area contributed by atoms with Crippen molar-refractivity contribution in [3.63, 3.8) is 0 Å². The zero-order chi connectivity index (χ0) is 17.8. The molecule has 0 N–H and O–H groups in total. The molecule has 0 spiro atoms. The quantitative estimate of drug-likeness (QED) is 0.808. The monoisotopic (exact) mass is 347 g/mol. The van der Waals surface area contributed by atoms with E-state index < -0.39 is 0 Å². The topological polar surface area (TPSA) is 61.8 Å². The molecule has 25 heavy (non-hydrogen) atoms. The molecule has 2 saturated heterocycles. The minimum absolute atomic E-state index is 0.0545. The largest absolute Gasteiger partial charge is 0.379 e. The molecule has 3 heterocycles. The van der Waals surface area contributed by atoms with Gasteiger partial charge < -0.3 is 14.5 Å². The maximum absolute atomic E-state index is 12.8. The van der Waals surface area contributed by atoms with E-state index in [2.05, 4.69) is 27.0 Å². The summed E-state index contributed by atoms with van der Waals surface area (Å²) in [5, 5.41) is 8.42. The number of rotatable bonds is 4. The fraction of sp³-hybridized carbons (Fsp3) is 0.722. The van der Waals surface area contributed by atoms with Crippen LogP contribution in [0.4, 0.5) is 5.82 Å². The van der Waals surface area contributed by atoms with Crippen molar-refractivity contribution in [2.24, 2.45) is 0 Å². The molecule has 0 aliphatic carbocycles. The fourth-order valence-corrected chi connectivity index (χ4v) is 3.63. The zero-order valence-corrected chi connectivity index (χ0v) is 15.5. The van der Waals surface area contributed by atoms with Gasteiger partial charge in [0.25, 0.3) is 0 Å². The van der Waals surface area contributed by atoms with E-state index >= 15 is 0 Å². The molecule has 2 aliphatic heterocycles. The van der Waals surface area contributed by atoms with Crippen molar-refractivity contribution in [2.75, 3.05) is 51.3 Å². The minimum Gasteiger partial charge on any atom is -0.379 e. The molecule has 7 nitrogen and oxygen atoms in total. The van der Waals surface area contributed by atoms with Crippen molar-refractivity contribution in [3.05, 3.63) is 17.8 Å². The first-order valence-electron chi connectivity index (χ1n) is 9.20. The van der Waals surface area contributed by atoms with Crippen molar-refractivity contribution >= 4 is 11.7 Å². The molecule has 1 unspecified atom stereocenters. The third kappa shape index (κ3) is 4.27. The molecule has 7 heteroatoms. The molecular weight excluding hydrogens is 318 g/mol. The van der Waals surface area contributed by atoms with Gasteiger partial charge in [-0.1, -0.05) is 0 Å². The Kier molecular flexibility index (Phi) is 5.86. The molecule has 0 aromatic carbocycles. The lowest BCUT2D eigenvalue weighted by Crippen LogP contribution is -2.54. The highest BCUT2D eigenvalue weighted by atomic mass is 16.5. The first-order valence-corrected chi connectivity index (χ1v) is 9.20. The van der Waals surface area contributed by atoms with Crippen LogP contribution in [0.5, 0.6) is 0 Å². The van der Waals surface area contributed by atoms with E-state index in [1.54, 1.807) is 0 Å². The predicted octanol–water partition coefficient (Wildman–Crippen LogP) is 0.933. The smallest absolute Gasteiger partial charge is 0.239 e. The summed E-state index contributed by atoms with van der Waals surface area (Å²) < 4.78 is 5.38. The van der Waals surface area contributed by atoms with Crippen LogP contribution in [0.2, 0.25) is 0 Å². The number of carbonyl (C=O) groups is 1. The third-order valence-electron chi connectivity index (χ3n) is 5.42. The Labute approximate surface area is 149 Å². The maximum atomic E-state index is 12.8. The number of amides is 1. The Balaban J connectivity index is 1.52. The van der Waals surface area contributed by atoms with Gasteiger partial charge in [0.1, 0.15) is 0 Å². The second-order valence-electron chi connectivity index (χ2n) is 7.02. The Hall–Kier alpha value is -1.73. The molecule has 138 valence electrons. The molecule has 2 fully saturated rings. The van der Waals surface area contributed by atoms with Gasteiger partial charge in [0.05, 0.1) is 24.9 Å².